The number of amides is 3. The topological polar surface area (TPSA) is 155 Å². The number of ether oxygens (including phenoxy) is 2. The Morgan fingerprint density at radius 1 is 1.14 bits per heavy atom. The first-order valence-corrected chi connectivity index (χ1v) is 14.1. The molecule has 0 bridgehead atoms. The van der Waals surface area contributed by atoms with Gasteiger partial charge >= 0.3 is 6.09 Å². The first-order valence-electron chi connectivity index (χ1n) is 14.1. The fourth-order valence-corrected chi connectivity index (χ4v) is 5.02. The van der Waals surface area contributed by atoms with Gasteiger partial charge in [0.1, 0.15) is 25.0 Å². The molecule has 224 valence electrons. The van der Waals surface area contributed by atoms with E-state index < -0.39 is 23.6 Å². The lowest BCUT2D eigenvalue weighted by molar-refractivity contribution is -0.126. The van der Waals surface area contributed by atoms with Crippen LogP contribution in [0.1, 0.15) is 55.9 Å². The van der Waals surface area contributed by atoms with Crippen molar-refractivity contribution in [2.24, 2.45) is 11.5 Å². The standard InChI is InChI=1S/C31H40N6O5/c1-31(2,33)29(39)35-26(20-41-18-22-12-7-8-15-25(22)21-10-5-4-6-11-21)28-34-16-23-13-9-14-24(37(23)28)19-42-30(40)36(3)17-27(32)38/h4-8,10-12,15-16,24,26H,9,13-14,17-20,33H2,1-3H3,(H2,32,38)(H,35,39)/t24?,26-/m1/s1. The number of rotatable bonds is 12. The molecule has 42 heavy (non-hydrogen) atoms. The number of hydrogen-bond acceptors (Lipinski definition) is 7. The highest BCUT2D eigenvalue weighted by Crippen LogP contribution is 2.30. The van der Waals surface area contributed by atoms with E-state index in [0.717, 1.165) is 46.5 Å². The minimum atomic E-state index is -1.12. The maximum atomic E-state index is 13.0. The molecule has 5 N–H and O–H groups in total. The van der Waals surface area contributed by atoms with E-state index in [0.29, 0.717) is 12.4 Å². The van der Waals surface area contributed by atoms with Crippen LogP contribution in [-0.2, 0) is 32.1 Å². The zero-order valence-electron chi connectivity index (χ0n) is 24.4. The van der Waals surface area contributed by atoms with Crippen molar-refractivity contribution < 1.29 is 23.9 Å². The number of nitrogens with two attached hydrogens (primary N) is 2. The second-order valence-electron chi connectivity index (χ2n) is 11.2. The van der Waals surface area contributed by atoms with Crippen molar-refractivity contribution in [3.63, 3.8) is 0 Å². The van der Waals surface area contributed by atoms with Crippen LogP contribution < -0.4 is 16.8 Å². The largest absolute Gasteiger partial charge is 0.447 e. The van der Waals surface area contributed by atoms with Gasteiger partial charge in [-0.25, -0.2) is 9.78 Å². The Balaban J connectivity index is 1.54. The molecule has 3 aromatic rings. The van der Waals surface area contributed by atoms with E-state index in [-0.39, 0.29) is 31.7 Å². The number of hydrogen-bond donors (Lipinski definition) is 3. The van der Waals surface area contributed by atoms with Gasteiger partial charge in [-0.15, -0.1) is 0 Å². The quantitative estimate of drug-likeness (QED) is 0.299. The molecule has 0 saturated heterocycles. The minimum absolute atomic E-state index is 0.0760. The smallest absolute Gasteiger partial charge is 0.410 e. The SMILES string of the molecule is CN(CC(N)=O)C(=O)OCC1CCCc2cnc([C@@H](COCc3ccccc3-c3ccccc3)NC(=O)C(C)(C)N)n21. The summed E-state index contributed by atoms with van der Waals surface area (Å²) in [5.41, 5.74) is 14.4. The third-order valence-electron chi connectivity index (χ3n) is 7.19. The van der Waals surface area contributed by atoms with E-state index in [1.165, 1.54) is 7.05 Å². The van der Waals surface area contributed by atoms with Crippen molar-refractivity contribution in [3.8, 4) is 11.1 Å². The summed E-state index contributed by atoms with van der Waals surface area (Å²) in [6.45, 7) is 3.59. The molecule has 1 aliphatic rings. The van der Waals surface area contributed by atoms with Crippen molar-refractivity contribution in [3.05, 3.63) is 77.9 Å². The molecule has 0 fully saturated rings. The first kappa shape index (κ1) is 30.7. The number of carbonyl (C=O) groups excluding carboxylic acids is 3. The summed E-state index contributed by atoms with van der Waals surface area (Å²) in [7, 11) is 1.45. The summed E-state index contributed by atoms with van der Waals surface area (Å²) in [5.74, 6) is -0.366. The zero-order chi connectivity index (χ0) is 30.3. The summed E-state index contributed by atoms with van der Waals surface area (Å²) in [6, 6.07) is 17.3. The molecule has 3 amide bonds. The number of nitrogens with one attached hydrogen (secondary N) is 1. The molecule has 1 unspecified atom stereocenters. The Hall–Kier alpha value is -4.22. The molecular formula is C31H40N6O5. The predicted molar refractivity (Wildman–Crippen MR) is 158 cm³/mol. The molecule has 11 nitrogen and oxygen atoms in total. The van der Waals surface area contributed by atoms with Crippen LogP contribution in [0.25, 0.3) is 11.1 Å². The number of benzene rings is 2. The summed E-state index contributed by atoms with van der Waals surface area (Å²) in [6.07, 6.45) is 3.59. The Kier molecular flexibility index (Phi) is 9.97. The maximum Gasteiger partial charge on any atom is 0.410 e. The Morgan fingerprint density at radius 3 is 2.57 bits per heavy atom. The lowest BCUT2D eigenvalue weighted by atomic mass is 10.0. The van der Waals surface area contributed by atoms with Gasteiger partial charge in [0.15, 0.2) is 0 Å². The van der Waals surface area contributed by atoms with Crippen LogP contribution >= 0.6 is 0 Å². The van der Waals surface area contributed by atoms with E-state index in [4.69, 9.17) is 25.9 Å². The fourth-order valence-electron chi connectivity index (χ4n) is 5.02. The van der Waals surface area contributed by atoms with Crippen molar-refractivity contribution in [1.29, 1.82) is 0 Å². The number of aryl methyl sites for hydroxylation is 1. The zero-order valence-corrected chi connectivity index (χ0v) is 24.4. The van der Waals surface area contributed by atoms with Gasteiger partial charge in [-0.05, 0) is 49.8 Å². The van der Waals surface area contributed by atoms with Gasteiger partial charge in [-0.2, -0.15) is 0 Å². The first-order chi connectivity index (χ1) is 20.0. The van der Waals surface area contributed by atoms with Crippen LogP contribution in [0, 0.1) is 0 Å². The van der Waals surface area contributed by atoms with Crippen molar-refractivity contribution in [2.45, 2.75) is 57.3 Å². The molecule has 4 rings (SSSR count). The summed E-state index contributed by atoms with van der Waals surface area (Å²) in [5, 5.41) is 3.03. The van der Waals surface area contributed by atoms with Crippen LogP contribution in [0.15, 0.2) is 60.8 Å². The molecule has 11 heteroatoms. The highest BCUT2D eigenvalue weighted by molar-refractivity contribution is 5.85. The molecule has 0 radical (unpaired) electrons. The van der Waals surface area contributed by atoms with E-state index in [2.05, 4.69) is 23.5 Å². The Labute approximate surface area is 246 Å². The Morgan fingerprint density at radius 2 is 1.86 bits per heavy atom. The normalized spacial score (nSPS) is 15.4. The van der Waals surface area contributed by atoms with Gasteiger partial charge in [0.05, 0.1) is 24.8 Å². The van der Waals surface area contributed by atoms with Crippen molar-refractivity contribution >= 4 is 17.9 Å². The third kappa shape index (κ3) is 7.74. The lowest BCUT2D eigenvalue weighted by Crippen LogP contribution is -2.51. The highest BCUT2D eigenvalue weighted by atomic mass is 16.6. The second-order valence-corrected chi connectivity index (χ2v) is 11.2. The molecule has 0 saturated carbocycles. The van der Waals surface area contributed by atoms with Crippen molar-refractivity contribution in [1.82, 2.24) is 19.8 Å². The van der Waals surface area contributed by atoms with E-state index in [1.807, 2.05) is 41.0 Å². The number of primary amides is 1. The van der Waals surface area contributed by atoms with Gasteiger partial charge in [0.2, 0.25) is 11.8 Å². The van der Waals surface area contributed by atoms with E-state index in [1.54, 1.807) is 20.0 Å². The average Bonchev–Trinajstić information content (AvgIpc) is 3.40. The number of carbonyl (C=O) groups is 3. The lowest BCUT2D eigenvalue weighted by Gasteiger charge is -2.31. The van der Waals surface area contributed by atoms with E-state index >= 15 is 0 Å². The van der Waals surface area contributed by atoms with Crippen molar-refractivity contribution in [2.75, 3.05) is 26.8 Å². The van der Waals surface area contributed by atoms with Gasteiger partial charge < -0.3 is 35.7 Å². The number of fused-ring (bicyclic) bond motifs is 1. The second kappa shape index (κ2) is 13.6. The monoisotopic (exact) mass is 576 g/mol. The molecular weight excluding hydrogens is 536 g/mol. The maximum absolute atomic E-state index is 13.0. The molecule has 2 aromatic carbocycles. The van der Waals surface area contributed by atoms with Crippen LogP contribution in [0.2, 0.25) is 0 Å². The minimum Gasteiger partial charge on any atom is -0.447 e. The summed E-state index contributed by atoms with van der Waals surface area (Å²) < 4.78 is 13.8. The number of imidazole rings is 1. The van der Waals surface area contributed by atoms with Crippen LogP contribution in [0.5, 0.6) is 0 Å². The van der Waals surface area contributed by atoms with Gasteiger partial charge in [0.25, 0.3) is 0 Å². The van der Waals surface area contributed by atoms with Crippen LogP contribution in [-0.4, -0.2) is 64.7 Å². The number of likely N-dealkylation sites (N-methyl/N-ethyl adjacent to an activating group) is 1. The average molecular weight is 577 g/mol. The van der Waals surface area contributed by atoms with Gasteiger partial charge in [-0.1, -0.05) is 54.6 Å². The third-order valence-corrected chi connectivity index (χ3v) is 7.19. The summed E-state index contributed by atoms with van der Waals surface area (Å²) >= 11 is 0. The van der Waals surface area contributed by atoms with Gasteiger partial charge in [0, 0.05) is 18.9 Å². The van der Waals surface area contributed by atoms with Gasteiger partial charge in [-0.3, -0.25) is 9.59 Å². The molecule has 0 spiro atoms. The number of aromatic nitrogens is 2. The summed E-state index contributed by atoms with van der Waals surface area (Å²) in [4.78, 5) is 42.5. The molecule has 2 atom stereocenters. The highest BCUT2D eigenvalue weighted by Gasteiger charge is 2.32. The molecule has 1 aliphatic heterocycles. The molecule has 1 aromatic heterocycles. The Bertz CT molecular complexity index is 1380. The van der Waals surface area contributed by atoms with Crippen LogP contribution in [0.4, 0.5) is 4.79 Å². The number of nitrogens with zero attached hydrogens (tertiary/aromatic N) is 3. The van der Waals surface area contributed by atoms with E-state index in [9.17, 15) is 14.4 Å². The van der Waals surface area contributed by atoms with Crippen LogP contribution in [0.3, 0.4) is 0 Å². The predicted octanol–water partition coefficient (Wildman–Crippen LogP) is 3.09. The molecule has 0 aliphatic carbocycles. The molecule has 2 heterocycles. The fraction of sp³-hybridized carbons (Fsp3) is 0.419.